The fourth-order valence-electron chi connectivity index (χ4n) is 4.22. The molecule has 2 aliphatic heterocycles. The highest BCUT2D eigenvalue weighted by molar-refractivity contribution is 6.05. The van der Waals surface area contributed by atoms with E-state index in [2.05, 4.69) is 10.6 Å². The molecule has 2 N–H and O–H groups in total. The number of fused-ring (bicyclic) bond motifs is 1. The molecule has 3 amide bonds. The third-order valence-corrected chi connectivity index (χ3v) is 6.00. The van der Waals surface area contributed by atoms with Crippen LogP contribution in [0.1, 0.15) is 41.6 Å². The van der Waals surface area contributed by atoms with Crippen LogP contribution in [0.2, 0.25) is 0 Å². The predicted molar refractivity (Wildman–Crippen MR) is 104 cm³/mol. The number of amides is 3. The fraction of sp³-hybridized carbons (Fsp3) is 0.571. The highest BCUT2D eigenvalue weighted by atomic mass is 16.5. The van der Waals surface area contributed by atoms with Crippen LogP contribution in [0.15, 0.2) is 18.2 Å². The number of nitrogens with one attached hydrogen (secondary N) is 2. The van der Waals surface area contributed by atoms with E-state index in [9.17, 15) is 14.4 Å². The molecule has 1 aromatic rings. The van der Waals surface area contributed by atoms with Crippen LogP contribution in [0.3, 0.4) is 0 Å². The van der Waals surface area contributed by atoms with Gasteiger partial charge in [0.15, 0.2) is 0 Å². The average Bonchev–Trinajstić information content (AvgIpc) is 2.99. The number of rotatable bonds is 8. The third kappa shape index (κ3) is 4.28. The van der Waals surface area contributed by atoms with Crippen LogP contribution in [-0.4, -0.2) is 61.6 Å². The van der Waals surface area contributed by atoms with Crippen molar-refractivity contribution in [1.29, 1.82) is 0 Å². The van der Waals surface area contributed by atoms with Gasteiger partial charge in [0, 0.05) is 32.2 Å². The lowest BCUT2D eigenvalue weighted by molar-refractivity contribution is -0.136. The maximum Gasteiger partial charge on any atom is 0.255 e. The minimum absolute atomic E-state index is 0.169. The summed E-state index contributed by atoms with van der Waals surface area (Å²) in [6, 6.07) is 4.82. The van der Waals surface area contributed by atoms with Crippen LogP contribution < -0.4 is 15.4 Å². The molecule has 8 nitrogen and oxygen atoms in total. The van der Waals surface area contributed by atoms with Gasteiger partial charge in [-0.25, -0.2) is 0 Å². The van der Waals surface area contributed by atoms with E-state index in [4.69, 9.17) is 9.47 Å². The summed E-state index contributed by atoms with van der Waals surface area (Å²) in [5, 5.41) is 5.72. The molecule has 3 aliphatic rings. The molecule has 0 bridgehead atoms. The van der Waals surface area contributed by atoms with Gasteiger partial charge in [-0.2, -0.15) is 0 Å². The molecule has 2 fully saturated rings. The fourth-order valence-corrected chi connectivity index (χ4v) is 4.22. The minimum atomic E-state index is -0.592. The molecule has 1 aliphatic carbocycles. The Morgan fingerprint density at radius 3 is 2.83 bits per heavy atom. The first-order valence-electron chi connectivity index (χ1n) is 10.2. The lowest BCUT2D eigenvalue weighted by Crippen LogP contribution is -2.52. The van der Waals surface area contributed by atoms with Gasteiger partial charge in [-0.05, 0) is 55.5 Å². The van der Waals surface area contributed by atoms with Gasteiger partial charge >= 0.3 is 0 Å². The highest BCUT2D eigenvalue weighted by Gasteiger charge is 2.39. The standard InChI is InChI=1S/C21H27N3O5/c1-28-16-8-13(9-16)11-22-6-7-29-15-2-3-17-14(10-15)12-24(21(17)27)18-4-5-19(25)23-20(18)26/h2-3,10,13,16,18,22H,4-9,11-12H2,1H3,(H,23,25,26). The zero-order valence-electron chi connectivity index (χ0n) is 16.6. The van der Waals surface area contributed by atoms with Crippen LogP contribution in [0.4, 0.5) is 0 Å². The van der Waals surface area contributed by atoms with Crippen LogP contribution in [0.5, 0.6) is 5.75 Å². The first-order valence-corrected chi connectivity index (χ1v) is 10.2. The molecule has 1 saturated heterocycles. The molecule has 1 atom stereocenters. The van der Waals surface area contributed by atoms with E-state index in [1.54, 1.807) is 24.1 Å². The van der Waals surface area contributed by atoms with Gasteiger partial charge in [0.1, 0.15) is 18.4 Å². The maximum absolute atomic E-state index is 12.7. The molecule has 1 saturated carbocycles. The predicted octanol–water partition coefficient (Wildman–Crippen LogP) is 0.841. The van der Waals surface area contributed by atoms with Gasteiger partial charge in [0.2, 0.25) is 11.8 Å². The van der Waals surface area contributed by atoms with Crippen LogP contribution in [0, 0.1) is 5.92 Å². The van der Waals surface area contributed by atoms with Crippen molar-refractivity contribution >= 4 is 17.7 Å². The summed E-state index contributed by atoms with van der Waals surface area (Å²) in [7, 11) is 1.76. The topological polar surface area (TPSA) is 97.0 Å². The molecule has 4 rings (SSSR count). The Morgan fingerprint density at radius 2 is 2.07 bits per heavy atom. The molecule has 2 heterocycles. The second-order valence-electron chi connectivity index (χ2n) is 7.97. The van der Waals surface area contributed by atoms with Crippen molar-refractivity contribution in [3.05, 3.63) is 29.3 Å². The van der Waals surface area contributed by atoms with E-state index in [0.717, 1.165) is 31.5 Å². The molecule has 1 unspecified atom stereocenters. The van der Waals surface area contributed by atoms with Crippen molar-refractivity contribution in [1.82, 2.24) is 15.5 Å². The smallest absolute Gasteiger partial charge is 0.255 e. The van der Waals surface area contributed by atoms with E-state index in [1.807, 2.05) is 6.07 Å². The molecule has 0 spiro atoms. The van der Waals surface area contributed by atoms with Gasteiger partial charge in [-0.15, -0.1) is 0 Å². The van der Waals surface area contributed by atoms with Crippen molar-refractivity contribution in [2.75, 3.05) is 26.8 Å². The number of benzene rings is 1. The van der Waals surface area contributed by atoms with Crippen molar-refractivity contribution in [3.8, 4) is 5.75 Å². The summed E-state index contributed by atoms with van der Waals surface area (Å²) in [6.07, 6.45) is 3.28. The largest absolute Gasteiger partial charge is 0.492 e. The Balaban J connectivity index is 1.25. The molecule has 0 radical (unpaired) electrons. The van der Waals surface area contributed by atoms with Crippen LogP contribution in [-0.2, 0) is 20.9 Å². The molecule has 1 aromatic carbocycles. The second-order valence-corrected chi connectivity index (χ2v) is 7.97. The Morgan fingerprint density at radius 1 is 1.24 bits per heavy atom. The first-order chi connectivity index (χ1) is 14.0. The monoisotopic (exact) mass is 401 g/mol. The maximum atomic E-state index is 12.7. The number of hydrogen-bond acceptors (Lipinski definition) is 6. The SMILES string of the molecule is COC1CC(CNCCOc2ccc3c(c2)CN(C2CCC(=O)NC2=O)C3=O)C1. The van der Waals surface area contributed by atoms with Crippen LogP contribution >= 0.6 is 0 Å². The lowest BCUT2D eigenvalue weighted by Gasteiger charge is -2.34. The van der Waals surface area contributed by atoms with E-state index < -0.39 is 11.9 Å². The summed E-state index contributed by atoms with van der Waals surface area (Å²) in [5.74, 6) is 0.553. The van der Waals surface area contributed by atoms with E-state index in [-0.39, 0.29) is 18.2 Å². The number of imide groups is 1. The number of methoxy groups -OCH3 is 1. The van der Waals surface area contributed by atoms with Crippen molar-refractivity contribution < 1.29 is 23.9 Å². The summed E-state index contributed by atoms with van der Waals surface area (Å²) in [5.41, 5.74) is 1.45. The second kappa shape index (κ2) is 8.51. The van der Waals surface area contributed by atoms with Gasteiger partial charge in [0.25, 0.3) is 5.91 Å². The molecule has 29 heavy (non-hydrogen) atoms. The number of carbonyl (C=O) groups excluding carboxylic acids is 3. The lowest BCUT2D eigenvalue weighted by atomic mass is 9.82. The normalized spacial score (nSPS) is 26.2. The Labute approximate surface area is 169 Å². The third-order valence-electron chi connectivity index (χ3n) is 6.00. The zero-order chi connectivity index (χ0) is 20.4. The van der Waals surface area contributed by atoms with E-state index in [0.29, 0.717) is 42.9 Å². The number of nitrogens with zero attached hydrogens (tertiary/aromatic N) is 1. The van der Waals surface area contributed by atoms with Gasteiger partial charge < -0.3 is 19.7 Å². The van der Waals surface area contributed by atoms with Gasteiger partial charge in [-0.3, -0.25) is 19.7 Å². The molecular formula is C21H27N3O5. The van der Waals surface area contributed by atoms with Crippen molar-refractivity contribution in [2.45, 2.75) is 44.4 Å². The van der Waals surface area contributed by atoms with Crippen molar-refractivity contribution in [3.63, 3.8) is 0 Å². The summed E-state index contributed by atoms with van der Waals surface area (Å²) in [6.45, 7) is 2.64. The van der Waals surface area contributed by atoms with Gasteiger partial charge in [-0.1, -0.05) is 0 Å². The summed E-state index contributed by atoms with van der Waals surface area (Å²) < 4.78 is 11.1. The molecule has 156 valence electrons. The zero-order valence-corrected chi connectivity index (χ0v) is 16.6. The van der Waals surface area contributed by atoms with Crippen molar-refractivity contribution in [2.24, 2.45) is 5.92 Å². The number of piperidine rings is 1. The highest BCUT2D eigenvalue weighted by Crippen LogP contribution is 2.30. The van der Waals surface area contributed by atoms with Gasteiger partial charge in [0.05, 0.1) is 6.10 Å². The van der Waals surface area contributed by atoms with E-state index in [1.165, 1.54) is 0 Å². The Kier molecular flexibility index (Phi) is 5.82. The first kappa shape index (κ1) is 19.8. The molecule has 8 heteroatoms. The quantitative estimate of drug-likeness (QED) is 0.495. The number of carbonyl (C=O) groups is 3. The Bertz CT molecular complexity index is 806. The molecular weight excluding hydrogens is 374 g/mol. The minimum Gasteiger partial charge on any atom is -0.492 e. The summed E-state index contributed by atoms with van der Waals surface area (Å²) in [4.78, 5) is 37.7. The van der Waals surface area contributed by atoms with Crippen LogP contribution in [0.25, 0.3) is 0 Å². The summed E-state index contributed by atoms with van der Waals surface area (Å²) >= 11 is 0. The Hall–Kier alpha value is -2.45. The molecule has 0 aromatic heterocycles. The number of hydrogen-bond donors (Lipinski definition) is 2. The van der Waals surface area contributed by atoms with E-state index >= 15 is 0 Å². The average molecular weight is 401 g/mol. The number of ether oxygens (including phenoxy) is 2.